The molecule has 5 nitrogen and oxygen atoms in total. The van der Waals surface area contributed by atoms with Crippen LogP contribution in [0.5, 0.6) is 0 Å². The van der Waals surface area contributed by atoms with Crippen molar-refractivity contribution < 1.29 is 9.13 Å². The predicted molar refractivity (Wildman–Crippen MR) is 101 cm³/mol. The Hall–Kier alpha value is -3.09. The van der Waals surface area contributed by atoms with Gasteiger partial charge >= 0.3 is 0 Å². The van der Waals surface area contributed by atoms with E-state index >= 15 is 0 Å². The predicted octanol–water partition coefficient (Wildman–Crippen LogP) is 3.39. The summed E-state index contributed by atoms with van der Waals surface area (Å²) in [5.74, 6) is -0.273. The Balaban J connectivity index is 1.75. The minimum Gasteiger partial charge on any atom is -0.377 e. The van der Waals surface area contributed by atoms with E-state index in [2.05, 4.69) is 4.98 Å². The van der Waals surface area contributed by atoms with E-state index in [0.29, 0.717) is 13.2 Å². The zero-order chi connectivity index (χ0) is 18.4. The maximum absolute atomic E-state index is 13.4. The summed E-state index contributed by atoms with van der Waals surface area (Å²) in [6.45, 7) is 1.00. The van der Waals surface area contributed by atoms with Gasteiger partial charge in [0, 0.05) is 29.7 Å². The van der Waals surface area contributed by atoms with Gasteiger partial charge in [-0.3, -0.25) is 4.98 Å². The van der Waals surface area contributed by atoms with Crippen LogP contribution in [0.25, 0.3) is 27.9 Å². The van der Waals surface area contributed by atoms with E-state index in [1.165, 1.54) is 12.1 Å². The molecule has 27 heavy (non-hydrogen) atoms. The molecule has 134 valence electrons. The van der Waals surface area contributed by atoms with Crippen molar-refractivity contribution in [2.45, 2.75) is 5.54 Å². The van der Waals surface area contributed by atoms with Crippen molar-refractivity contribution in [1.29, 1.82) is 0 Å². The van der Waals surface area contributed by atoms with Crippen LogP contribution in [-0.2, 0) is 10.3 Å². The normalized spacial score (nSPS) is 15.6. The smallest absolute Gasteiger partial charge is 0.123 e. The Labute approximate surface area is 155 Å². The van der Waals surface area contributed by atoms with E-state index < -0.39 is 5.54 Å². The summed E-state index contributed by atoms with van der Waals surface area (Å²) in [4.78, 5) is 4.11. The second-order valence-corrected chi connectivity index (χ2v) is 6.86. The quantitative estimate of drug-likeness (QED) is 0.608. The third-order valence-corrected chi connectivity index (χ3v) is 5.01. The van der Waals surface area contributed by atoms with Crippen molar-refractivity contribution in [3.8, 4) is 22.4 Å². The van der Waals surface area contributed by atoms with Gasteiger partial charge in [0.1, 0.15) is 11.5 Å². The standard InChI is InChI=1S/C21H17FN4O/c22-17-4-1-15(2-5-17)20-19(14-7-9-24-10-8-14)18-6-3-16(11-26(18)25-20)21(23)12-27-13-21/h1-11H,12-13,23H2. The first-order valence-corrected chi connectivity index (χ1v) is 8.70. The highest BCUT2D eigenvalue weighted by Gasteiger charge is 2.36. The van der Waals surface area contributed by atoms with Gasteiger partial charge in [0.05, 0.1) is 24.3 Å². The molecule has 1 fully saturated rings. The minimum absolute atomic E-state index is 0.273. The summed E-state index contributed by atoms with van der Waals surface area (Å²) in [6.07, 6.45) is 5.46. The molecule has 0 amide bonds. The van der Waals surface area contributed by atoms with Crippen LogP contribution in [0.3, 0.4) is 0 Å². The Morgan fingerprint density at radius 1 is 0.963 bits per heavy atom. The fourth-order valence-electron chi connectivity index (χ4n) is 3.45. The first kappa shape index (κ1) is 16.1. The average molecular weight is 360 g/mol. The lowest BCUT2D eigenvalue weighted by Crippen LogP contribution is -2.54. The molecule has 0 unspecified atom stereocenters. The molecule has 0 spiro atoms. The summed E-state index contributed by atoms with van der Waals surface area (Å²) >= 11 is 0. The van der Waals surface area contributed by atoms with Gasteiger partial charge in [0.2, 0.25) is 0 Å². The van der Waals surface area contributed by atoms with E-state index in [1.54, 1.807) is 24.5 Å². The van der Waals surface area contributed by atoms with E-state index in [9.17, 15) is 4.39 Å². The molecule has 1 aromatic carbocycles. The van der Waals surface area contributed by atoms with Gasteiger partial charge in [0.25, 0.3) is 0 Å². The minimum atomic E-state index is -0.465. The van der Waals surface area contributed by atoms with Crippen LogP contribution in [-0.4, -0.2) is 27.8 Å². The number of hydrogen-bond donors (Lipinski definition) is 1. The van der Waals surface area contributed by atoms with Gasteiger partial charge in [-0.2, -0.15) is 5.10 Å². The number of nitrogens with zero attached hydrogens (tertiary/aromatic N) is 3. The largest absolute Gasteiger partial charge is 0.377 e. The van der Waals surface area contributed by atoms with Crippen LogP contribution in [0.1, 0.15) is 5.56 Å². The van der Waals surface area contributed by atoms with Gasteiger partial charge < -0.3 is 10.5 Å². The number of aromatic nitrogens is 3. The van der Waals surface area contributed by atoms with Crippen molar-refractivity contribution in [2.24, 2.45) is 5.73 Å². The highest BCUT2D eigenvalue weighted by Crippen LogP contribution is 2.36. The number of rotatable bonds is 3. The monoisotopic (exact) mass is 360 g/mol. The fourth-order valence-corrected chi connectivity index (χ4v) is 3.45. The molecule has 2 N–H and O–H groups in total. The molecule has 0 aliphatic carbocycles. The van der Waals surface area contributed by atoms with Crippen molar-refractivity contribution in [2.75, 3.05) is 13.2 Å². The van der Waals surface area contributed by atoms with Crippen LogP contribution in [0, 0.1) is 5.82 Å². The molecule has 1 aliphatic heterocycles. The number of pyridine rings is 2. The van der Waals surface area contributed by atoms with Crippen molar-refractivity contribution in [3.63, 3.8) is 0 Å². The summed E-state index contributed by atoms with van der Waals surface area (Å²) in [5.41, 5.74) is 11.5. The Bertz CT molecular complexity index is 1120. The highest BCUT2D eigenvalue weighted by atomic mass is 19.1. The molecule has 1 aliphatic rings. The van der Waals surface area contributed by atoms with Gasteiger partial charge in [-0.1, -0.05) is 6.07 Å². The molecule has 0 atom stereocenters. The average Bonchev–Trinajstić information content (AvgIpc) is 3.06. The summed E-state index contributed by atoms with van der Waals surface area (Å²) in [6, 6.07) is 14.3. The molecular formula is C21H17FN4O. The lowest BCUT2D eigenvalue weighted by Gasteiger charge is -2.38. The topological polar surface area (TPSA) is 65.4 Å². The molecule has 4 heterocycles. The Morgan fingerprint density at radius 3 is 2.37 bits per heavy atom. The first-order valence-electron chi connectivity index (χ1n) is 8.70. The van der Waals surface area contributed by atoms with Gasteiger partial charge in [0.15, 0.2) is 0 Å². The molecular weight excluding hydrogens is 343 g/mol. The molecule has 0 saturated carbocycles. The zero-order valence-electron chi connectivity index (χ0n) is 14.5. The zero-order valence-corrected chi connectivity index (χ0v) is 14.5. The van der Waals surface area contributed by atoms with E-state index in [1.807, 2.05) is 35.0 Å². The van der Waals surface area contributed by atoms with Crippen LogP contribution in [0.4, 0.5) is 4.39 Å². The van der Waals surface area contributed by atoms with Crippen LogP contribution >= 0.6 is 0 Å². The lowest BCUT2D eigenvalue weighted by atomic mass is 9.90. The summed E-state index contributed by atoms with van der Waals surface area (Å²) < 4.78 is 20.5. The molecule has 3 aromatic heterocycles. The van der Waals surface area contributed by atoms with Crippen molar-refractivity contribution in [3.05, 3.63) is 78.5 Å². The highest BCUT2D eigenvalue weighted by molar-refractivity contribution is 5.92. The second-order valence-electron chi connectivity index (χ2n) is 6.86. The molecule has 1 saturated heterocycles. The molecule has 6 heteroatoms. The number of ether oxygens (including phenoxy) is 1. The first-order chi connectivity index (χ1) is 13.1. The Kier molecular flexibility index (Phi) is 3.56. The number of nitrogens with two attached hydrogens (primary N) is 1. The molecule has 4 aromatic rings. The van der Waals surface area contributed by atoms with Gasteiger partial charge in [-0.05, 0) is 53.6 Å². The number of fused-ring (bicyclic) bond motifs is 1. The summed E-state index contributed by atoms with van der Waals surface area (Å²) in [5, 5.41) is 4.80. The molecule has 0 bridgehead atoms. The number of halogens is 1. The van der Waals surface area contributed by atoms with Crippen LogP contribution < -0.4 is 5.73 Å². The van der Waals surface area contributed by atoms with E-state index in [-0.39, 0.29) is 5.82 Å². The van der Waals surface area contributed by atoms with Gasteiger partial charge in [-0.25, -0.2) is 8.91 Å². The Morgan fingerprint density at radius 2 is 1.70 bits per heavy atom. The van der Waals surface area contributed by atoms with Gasteiger partial charge in [-0.15, -0.1) is 0 Å². The second kappa shape index (κ2) is 5.97. The van der Waals surface area contributed by atoms with Crippen molar-refractivity contribution >= 4 is 5.52 Å². The molecule has 5 rings (SSSR count). The third kappa shape index (κ3) is 2.61. The number of hydrogen-bond acceptors (Lipinski definition) is 4. The SMILES string of the molecule is NC1(c2ccc3c(-c4ccncc4)c(-c4ccc(F)cc4)nn3c2)COC1. The van der Waals surface area contributed by atoms with Crippen molar-refractivity contribution in [1.82, 2.24) is 14.6 Å². The number of benzene rings is 1. The van der Waals surface area contributed by atoms with Crippen LogP contribution in [0.2, 0.25) is 0 Å². The third-order valence-electron chi connectivity index (χ3n) is 5.01. The summed E-state index contributed by atoms with van der Waals surface area (Å²) in [7, 11) is 0. The maximum Gasteiger partial charge on any atom is 0.123 e. The molecule has 0 radical (unpaired) electrons. The fraction of sp³-hybridized carbons (Fsp3) is 0.143. The van der Waals surface area contributed by atoms with Crippen LogP contribution in [0.15, 0.2) is 67.1 Å². The maximum atomic E-state index is 13.4. The lowest BCUT2D eigenvalue weighted by molar-refractivity contribution is -0.0571. The van der Waals surface area contributed by atoms with E-state index in [0.717, 1.165) is 33.5 Å². The van der Waals surface area contributed by atoms with E-state index in [4.69, 9.17) is 15.6 Å².